The van der Waals surface area contributed by atoms with Gasteiger partial charge in [-0.15, -0.1) is 0 Å². The molecule has 1 saturated heterocycles. The van der Waals surface area contributed by atoms with Crippen LogP contribution in [0.25, 0.3) is 10.9 Å². The fourth-order valence-electron chi connectivity index (χ4n) is 5.43. The third-order valence-electron chi connectivity index (χ3n) is 7.11. The van der Waals surface area contributed by atoms with Crippen molar-refractivity contribution in [1.29, 1.82) is 0 Å². The van der Waals surface area contributed by atoms with Crippen LogP contribution in [0.5, 0.6) is 11.5 Å². The Balaban J connectivity index is 1.32. The second-order valence-electron chi connectivity index (χ2n) is 8.92. The largest absolute Gasteiger partial charge is 0.454 e. The first-order chi connectivity index (χ1) is 15.6. The van der Waals surface area contributed by atoms with Crippen LogP contribution in [-0.2, 0) is 9.59 Å². The normalized spacial score (nSPS) is 21.4. The number of rotatable bonds is 4. The van der Waals surface area contributed by atoms with E-state index in [0.29, 0.717) is 25.0 Å². The highest BCUT2D eigenvalue weighted by molar-refractivity contribution is 6.03. The Morgan fingerprint density at radius 3 is 2.72 bits per heavy atom. The number of nitrogens with one attached hydrogen (secondary N) is 2. The predicted molar refractivity (Wildman–Crippen MR) is 120 cm³/mol. The number of hydrogen-bond donors (Lipinski definition) is 2. The monoisotopic (exact) mass is 431 g/mol. The Hall–Kier alpha value is -3.48. The van der Waals surface area contributed by atoms with E-state index in [2.05, 4.69) is 10.3 Å². The lowest BCUT2D eigenvalue weighted by Gasteiger charge is -2.54. The molecule has 1 atom stereocenters. The van der Waals surface area contributed by atoms with Crippen LogP contribution in [0.3, 0.4) is 0 Å². The first kappa shape index (κ1) is 19.2. The highest BCUT2D eigenvalue weighted by atomic mass is 16.7. The van der Waals surface area contributed by atoms with Gasteiger partial charge in [-0.25, -0.2) is 0 Å². The number of carbonyl (C=O) groups is 2. The van der Waals surface area contributed by atoms with Crippen LogP contribution in [0.4, 0.5) is 5.69 Å². The molecule has 0 bridgehead atoms. The van der Waals surface area contributed by atoms with Gasteiger partial charge in [-0.2, -0.15) is 0 Å². The Bertz CT molecular complexity index is 1210. The lowest BCUT2D eigenvalue weighted by atomic mass is 9.74. The van der Waals surface area contributed by atoms with Gasteiger partial charge in [0.05, 0.1) is 12.5 Å². The number of carbonyl (C=O) groups excluding carboxylic acids is 2. The molecule has 1 aromatic heterocycles. The maximum atomic E-state index is 13.8. The van der Waals surface area contributed by atoms with Crippen molar-refractivity contribution in [2.24, 2.45) is 0 Å². The van der Waals surface area contributed by atoms with E-state index >= 15 is 0 Å². The van der Waals surface area contributed by atoms with E-state index < -0.39 is 5.54 Å². The molecule has 7 heteroatoms. The number of nitrogens with zero attached hydrogens (tertiary/aromatic N) is 1. The second-order valence-corrected chi connectivity index (χ2v) is 8.92. The predicted octanol–water partition coefficient (Wildman–Crippen LogP) is 4.51. The number of aromatic amines is 1. The van der Waals surface area contributed by atoms with Crippen molar-refractivity contribution < 1.29 is 19.1 Å². The average molecular weight is 431 g/mol. The fourth-order valence-corrected chi connectivity index (χ4v) is 5.43. The van der Waals surface area contributed by atoms with E-state index in [1.54, 1.807) is 0 Å². The van der Waals surface area contributed by atoms with E-state index in [1.807, 2.05) is 53.6 Å². The van der Waals surface area contributed by atoms with Gasteiger partial charge in [-0.3, -0.25) is 9.59 Å². The Labute approximate surface area is 185 Å². The quantitative estimate of drug-likeness (QED) is 0.596. The molecule has 3 aliphatic rings. The van der Waals surface area contributed by atoms with Gasteiger partial charge in [0, 0.05) is 22.8 Å². The van der Waals surface area contributed by atoms with Crippen LogP contribution in [0, 0.1) is 0 Å². The highest BCUT2D eigenvalue weighted by Crippen LogP contribution is 2.48. The van der Waals surface area contributed by atoms with Crippen molar-refractivity contribution in [2.45, 2.75) is 50.1 Å². The number of likely N-dealkylation sites (tertiary alicyclic amines) is 1. The van der Waals surface area contributed by atoms with Gasteiger partial charge >= 0.3 is 0 Å². The SMILES string of the molecule is O=C1C[C@@H](c2ccc3c(c2)OCO3)N1C1(C(=O)Nc2ccc3[nH]ccc3c2)CCCCC1. The molecule has 7 nitrogen and oxygen atoms in total. The standard InChI is InChI=1S/C25H25N3O4/c29-23-14-20(17-4-7-21-22(13-17)32-15-31-21)28(23)25(9-2-1-3-10-25)24(30)27-18-5-6-19-16(12-18)8-11-26-19/h4-8,11-13,20,26H,1-3,9-10,14-15H2,(H,27,30)/t20-/m0/s1. The van der Waals surface area contributed by atoms with Gasteiger partial charge < -0.3 is 24.7 Å². The summed E-state index contributed by atoms with van der Waals surface area (Å²) >= 11 is 0. The van der Waals surface area contributed by atoms with Gasteiger partial charge in [0.25, 0.3) is 0 Å². The summed E-state index contributed by atoms with van der Waals surface area (Å²) in [6.07, 6.45) is 6.60. The van der Waals surface area contributed by atoms with Gasteiger partial charge in [0.15, 0.2) is 11.5 Å². The molecule has 2 amide bonds. The summed E-state index contributed by atoms with van der Waals surface area (Å²) in [5, 5.41) is 4.17. The second kappa shape index (κ2) is 7.29. The molecular formula is C25H25N3O4. The first-order valence-corrected chi connectivity index (χ1v) is 11.2. The zero-order chi connectivity index (χ0) is 21.7. The number of aromatic nitrogens is 1. The smallest absolute Gasteiger partial charge is 0.250 e. The lowest BCUT2D eigenvalue weighted by molar-refractivity contribution is -0.166. The van der Waals surface area contributed by atoms with E-state index in [9.17, 15) is 9.59 Å². The molecule has 2 fully saturated rings. The summed E-state index contributed by atoms with van der Waals surface area (Å²) in [6.45, 7) is 0.212. The third kappa shape index (κ3) is 2.95. The minimum absolute atomic E-state index is 0.0332. The number of β-lactam (4-membered cyclic amide) rings is 1. The van der Waals surface area contributed by atoms with Crippen LogP contribution in [-0.4, -0.2) is 34.0 Å². The summed E-state index contributed by atoms with van der Waals surface area (Å²) in [4.78, 5) is 31.7. The number of anilines is 1. The minimum atomic E-state index is -0.832. The molecule has 6 rings (SSSR count). The number of ether oxygens (including phenoxy) is 2. The topological polar surface area (TPSA) is 83.7 Å². The van der Waals surface area contributed by atoms with Crippen molar-refractivity contribution in [3.8, 4) is 11.5 Å². The maximum absolute atomic E-state index is 13.8. The number of benzene rings is 2. The average Bonchev–Trinajstić information content (AvgIpc) is 3.46. The number of fused-ring (bicyclic) bond motifs is 2. The summed E-state index contributed by atoms with van der Waals surface area (Å²) in [5.74, 6) is 1.36. The molecular weight excluding hydrogens is 406 g/mol. The Morgan fingerprint density at radius 2 is 1.88 bits per heavy atom. The van der Waals surface area contributed by atoms with Crippen molar-refractivity contribution in [3.05, 3.63) is 54.2 Å². The molecule has 3 heterocycles. The summed E-state index contributed by atoms with van der Waals surface area (Å²) in [7, 11) is 0. The van der Waals surface area contributed by atoms with Crippen LogP contribution in [0.2, 0.25) is 0 Å². The molecule has 2 N–H and O–H groups in total. The lowest BCUT2D eigenvalue weighted by Crippen LogP contribution is -2.65. The highest BCUT2D eigenvalue weighted by Gasteiger charge is 2.55. The maximum Gasteiger partial charge on any atom is 0.250 e. The van der Waals surface area contributed by atoms with Gasteiger partial charge in [0.1, 0.15) is 5.54 Å². The molecule has 1 saturated carbocycles. The molecule has 0 radical (unpaired) electrons. The molecule has 0 unspecified atom stereocenters. The third-order valence-corrected chi connectivity index (χ3v) is 7.11. The van der Waals surface area contributed by atoms with E-state index in [-0.39, 0.29) is 24.6 Å². The zero-order valence-corrected chi connectivity index (χ0v) is 17.7. The van der Waals surface area contributed by atoms with Crippen LogP contribution in [0.1, 0.15) is 50.1 Å². The summed E-state index contributed by atoms with van der Waals surface area (Å²) in [6, 6.07) is 13.5. The van der Waals surface area contributed by atoms with Gasteiger partial charge in [-0.1, -0.05) is 25.3 Å². The van der Waals surface area contributed by atoms with Crippen molar-refractivity contribution in [1.82, 2.24) is 9.88 Å². The number of H-pyrrole nitrogens is 1. The number of amides is 2. The molecule has 164 valence electrons. The summed E-state index contributed by atoms with van der Waals surface area (Å²) in [5.41, 5.74) is 1.93. The summed E-state index contributed by atoms with van der Waals surface area (Å²) < 4.78 is 11.0. The van der Waals surface area contributed by atoms with Crippen LogP contribution < -0.4 is 14.8 Å². The Morgan fingerprint density at radius 1 is 1.03 bits per heavy atom. The first-order valence-electron chi connectivity index (χ1n) is 11.2. The van der Waals surface area contributed by atoms with E-state index in [0.717, 1.165) is 47.2 Å². The van der Waals surface area contributed by atoms with Crippen molar-refractivity contribution >= 4 is 28.4 Å². The van der Waals surface area contributed by atoms with Gasteiger partial charge in [-0.05, 0) is 54.8 Å². The van der Waals surface area contributed by atoms with E-state index in [4.69, 9.17) is 9.47 Å². The minimum Gasteiger partial charge on any atom is -0.454 e. The van der Waals surface area contributed by atoms with E-state index in [1.165, 1.54) is 0 Å². The molecule has 2 aromatic carbocycles. The zero-order valence-electron chi connectivity index (χ0n) is 17.7. The molecule has 3 aromatic rings. The van der Waals surface area contributed by atoms with Crippen molar-refractivity contribution in [2.75, 3.05) is 12.1 Å². The molecule has 2 aliphatic heterocycles. The molecule has 32 heavy (non-hydrogen) atoms. The van der Waals surface area contributed by atoms with Crippen LogP contribution in [0.15, 0.2) is 48.7 Å². The molecule has 1 aliphatic carbocycles. The van der Waals surface area contributed by atoms with Gasteiger partial charge in [0.2, 0.25) is 18.6 Å². The van der Waals surface area contributed by atoms with Crippen molar-refractivity contribution in [3.63, 3.8) is 0 Å². The van der Waals surface area contributed by atoms with Crippen LogP contribution >= 0.6 is 0 Å². The fraction of sp³-hybridized carbons (Fsp3) is 0.360. The number of hydrogen-bond acceptors (Lipinski definition) is 4. The molecule has 0 spiro atoms. The Kier molecular flexibility index (Phi) is 4.38.